The molecule has 178 valence electrons. The summed E-state index contributed by atoms with van der Waals surface area (Å²) in [7, 11) is 0. The minimum Gasteiger partial charge on any atom is -0.494 e. The lowest BCUT2D eigenvalue weighted by molar-refractivity contribution is -0.112. The maximum Gasteiger partial charge on any atom is 0.343 e. The summed E-state index contributed by atoms with van der Waals surface area (Å²) in [6, 6.07) is 14.1. The standard InChI is InChI=1S/C29H38O4/c1-3-4-5-6-7-8-9-10-11-12-23-32-27-21-17-26(18-22-27)29(31)33-28-19-15-25(16-20-28)14-13-24(2)30/h13-22H,3-12,23H2,1-2H3/b14-13+. The monoisotopic (exact) mass is 450 g/mol. The fourth-order valence-electron chi connectivity index (χ4n) is 3.49. The van der Waals surface area contributed by atoms with Crippen LogP contribution < -0.4 is 9.47 Å². The molecule has 0 aliphatic heterocycles. The SMILES string of the molecule is CCCCCCCCCCCCOc1ccc(C(=O)Oc2ccc(/C=C/C(C)=O)cc2)cc1. The number of rotatable bonds is 16. The van der Waals surface area contributed by atoms with Gasteiger partial charge in [-0.3, -0.25) is 4.79 Å². The third-order valence-corrected chi connectivity index (χ3v) is 5.46. The van der Waals surface area contributed by atoms with Gasteiger partial charge in [0.1, 0.15) is 11.5 Å². The molecule has 0 bridgehead atoms. The number of carbonyl (C=O) groups is 2. The van der Waals surface area contributed by atoms with Crippen molar-refractivity contribution < 1.29 is 19.1 Å². The summed E-state index contributed by atoms with van der Waals surface area (Å²) in [6.45, 7) is 4.45. The number of esters is 1. The molecule has 0 unspecified atom stereocenters. The van der Waals surface area contributed by atoms with Crippen molar-refractivity contribution in [3.63, 3.8) is 0 Å². The molecule has 0 aliphatic carbocycles. The minimum atomic E-state index is -0.414. The molecule has 2 aromatic carbocycles. The number of carbonyl (C=O) groups excluding carboxylic acids is 2. The van der Waals surface area contributed by atoms with Crippen LogP contribution in [0.1, 0.15) is 94.0 Å². The molecule has 2 rings (SSSR count). The van der Waals surface area contributed by atoms with Crippen molar-refractivity contribution in [2.45, 2.75) is 78.1 Å². The Labute approximate surface area is 199 Å². The van der Waals surface area contributed by atoms with Crippen molar-refractivity contribution in [3.8, 4) is 11.5 Å². The molecule has 2 aromatic rings. The number of ketones is 1. The number of allylic oxidation sites excluding steroid dienone is 1. The quantitative estimate of drug-likeness (QED) is 0.113. The zero-order valence-corrected chi connectivity index (χ0v) is 20.2. The molecule has 0 aliphatic rings. The minimum absolute atomic E-state index is 0.0126. The van der Waals surface area contributed by atoms with Gasteiger partial charge in [-0.25, -0.2) is 4.79 Å². The second-order valence-electron chi connectivity index (χ2n) is 8.46. The van der Waals surface area contributed by atoms with E-state index in [1.54, 1.807) is 42.5 Å². The van der Waals surface area contributed by atoms with Crippen LogP contribution in [0.3, 0.4) is 0 Å². The zero-order valence-electron chi connectivity index (χ0n) is 20.2. The maximum absolute atomic E-state index is 12.4. The van der Waals surface area contributed by atoms with E-state index in [9.17, 15) is 9.59 Å². The molecule has 0 amide bonds. The van der Waals surface area contributed by atoms with Gasteiger partial charge < -0.3 is 9.47 Å². The lowest BCUT2D eigenvalue weighted by atomic mass is 10.1. The largest absolute Gasteiger partial charge is 0.494 e. The lowest BCUT2D eigenvalue weighted by Crippen LogP contribution is -2.08. The van der Waals surface area contributed by atoms with Gasteiger partial charge in [-0.2, -0.15) is 0 Å². The van der Waals surface area contributed by atoms with Gasteiger partial charge >= 0.3 is 5.97 Å². The molecule has 0 atom stereocenters. The first-order valence-corrected chi connectivity index (χ1v) is 12.3. The van der Waals surface area contributed by atoms with Crippen LogP contribution in [-0.4, -0.2) is 18.4 Å². The second kappa shape index (κ2) is 15.8. The van der Waals surface area contributed by atoms with E-state index in [0.717, 1.165) is 17.7 Å². The van der Waals surface area contributed by atoms with Crippen molar-refractivity contribution >= 4 is 17.8 Å². The van der Waals surface area contributed by atoms with Crippen LogP contribution in [0.5, 0.6) is 11.5 Å². The molecule has 4 heteroatoms. The van der Waals surface area contributed by atoms with Gasteiger partial charge in [0.25, 0.3) is 0 Å². The summed E-state index contributed by atoms with van der Waals surface area (Å²) in [4.78, 5) is 23.4. The van der Waals surface area contributed by atoms with E-state index in [-0.39, 0.29) is 5.78 Å². The summed E-state index contributed by atoms with van der Waals surface area (Å²) in [5.74, 6) is 0.801. The fraction of sp³-hybridized carbons (Fsp3) is 0.448. The number of benzene rings is 2. The van der Waals surface area contributed by atoms with Gasteiger partial charge in [-0.05, 0) is 61.4 Å². The summed E-state index contributed by atoms with van der Waals surface area (Å²) >= 11 is 0. The van der Waals surface area contributed by atoms with E-state index < -0.39 is 5.97 Å². The van der Waals surface area contributed by atoms with Crippen LogP contribution in [0.2, 0.25) is 0 Å². The Balaban J connectivity index is 1.63. The molecule has 33 heavy (non-hydrogen) atoms. The number of hydrogen-bond acceptors (Lipinski definition) is 4. The molecular weight excluding hydrogens is 412 g/mol. The average molecular weight is 451 g/mol. The van der Waals surface area contributed by atoms with Crippen LogP contribution in [0, 0.1) is 0 Å². The fourth-order valence-corrected chi connectivity index (χ4v) is 3.49. The number of hydrogen-bond donors (Lipinski definition) is 0. The number of ether oxygens (including phenoxy) is 2. The summed E-state index contributed by atoms with van der Waals surface area (Å²) in [5, 5.41) is 0. The molecule has 0 saturated carbocycles. The highest BCUT2D eigenvalue weighted by atomic mass is 16.5. The van der Waals surface area contributed by atoms with E-state index in [2.05, 4.69) is 6.92 Å². The second-order valence-corrected chi connectivity index (χ2v) is 8.46. The Morgan fingerprint density at radius 2 is 1.27 bits per heavy atom. The van der Waals surface area contributed by atoms with Crippen molar-refractivity contribution in [1.82, 2.24) is 0 Å². The van der Waals surface area contributed by atoms with Gasteiger partial charge in [0.15, 0.2) is 5.78 Å². The van der Waals surface area contributed by atoms with Crippen molar-refractivity contribution in [2.75, 3.05) is 6.61 Å². The summed E-state index contributed by atoms with van der Waals surface area (Å²) in [6.07, 6.45) is 16.2. The van der Waals surface area contributed by atoms with E-state index in [1.165, 1.54) is 70.8 Å². The van der Waals surface area contributed by atoms with Crippen LogP contribution >= 0.6 is 0 Å². The Bertz CT molecular complexity index is 850. The van der Waals surface area contributed by atoms with Gasteiger partial charge in [0.2, 0.25) is 0 Å². The van der Waals surface area contributed by atoms with E-state index >= 15 is 0 Å². The molecule has 0 saturated heterocycles. The molecule has 4 nitrogen and oxygen atoms in total. The Morgan fingerprint density at radius 3 is 1.85 bits per heavy atom. The molecule has 0 N–H and O–H groups in total. The summed E-state index contributed by atoms with van der Waals surface area (Å²) in [5.41, 5.74) is 1.34. The average Bonchev–Trinajstić information content (AvgIpc) is 2.82. The van der Waals surface area contributed by atoms with Crippen molar-refractivity contribution in [3.05, 3.63) is 65.7 Å². The predicted octanol–water partition coefficient (Wildman–Crippen LogP) is 7.81. The van der Waals surface area contributed by atoms with Gasteiger partial charge in [-0.15, -0.1) is 0 Å². The Kier molecular flexibility index (Phi) is 12.7. The maximum atomic E-state index is 12.4. The molecule has 0 spiro atoms. The molecule has 0 heterocycles. The van der Waals surface area contributed by atoms with Gasteiger partial charge in [0, 0.05) is 0 Å². The molecule has 0 radical (unpaired) electrons. The third kappa shape index (κ3) is 11.5. The highest BCUT2D eigenvalue weighted by molar-refractivity contribution is 5.92. The highest BCUT2D eigenvalue weighted by Crippen LogP contribution is 2.18. The van der Waals surface area contributed by atoms with Crippen LogP contribution in [0.15, 0.2) is 54.6 Å². The van der Waals surface area contributed by atoms with E-state index in [0.29, 0.717) is 17.9 Å². The van der Waals surface area contributed by atoms with Gasteiger partial charge in [0.05, 0.1) is 12.2 Å². The van der Waals surface area contributed by atoms with E-state index in [4.69, 9.17) is 9.47 Å². The first kappa shape index (κ1) is 26.4. The van der Waals surface area contributed by atoms with Crippen LogP contribution in [0.25, 0.3) is 6.08 Å². The number of unbranched alkanes of at least 4 members (excludes halogenated alkanes) is 9. The first-order valence-electron chi connectivity index (χ1n) is 12.3. The molecular formula is C29H38O4. The Hall–Kier alpha value is -2.88. The van der Waals surface area contributed by atoms with Crippen LogP contribution in [0.4, 0.5) is 0 Å². The smallest absolute Gasteiger partial charge is 0.343 e. The first-order chi connectivity index (χ1) is 16.1. The van der Waals surface area contributed by atoms with E-state index in [1.807, 2.05) is 12.1 Å². The zero-order chi connectivity index (χ0) is 23.7. The van der Waals surface area contributed by atoms with Crippen molar-refractivity contribution in [1.29, 1.82) is 0 Å². The highest BCUT2D eigenvalue weighted by Gasteiger charge is 2.09. The lowest BCUT2D eigenvalue weighted by Gasteiger charge is -2.08. The topological polar surface area (TPSA) is 52.6 Å². The Morgan fingerprint density at radius 1 is 0.727 bits per heavy atom. The predicted molar refractivity (Wildman–Crippen MR) is 135 cm³/mol. The molecule has 0 fully saturated rings. The van der Waals surface area contributed by atoms with Crippen LogP contribution in [-0.2, 0) is 4.79 Å². The normalized spacial score (nSPS) is 11.0. The third-order valence-electron chi connectivity index (χ3n) is 5.46. The van der Waals surface area contributed by atoms with Crippen molar-refractivity contribution in [2.24, 2.45) is 0 Å². The molecule has 0 aromatic heterocycles. The summed E-state index contributed by atoms with van der Waals surface area (Å²) < 4.78 is 11.2. The van der Waals surface area contributed by atoms with Gasteiger partial charge in [-0.1, -0.05) is 82.9 Å².